The van der Waals surface area contributed by atoms with Crippen LogP contribution in [0.4, 0.5) is 5.69 Å². The number of non-ortho nitro benzene ring substituents is 1. The van der Waals surface area contributed by atoms with E-state index in [2.05, 4.69) is 5.10 Å². The first kappa shape index (κ1) is 14.0. The summed E-state index contributed by atoms with van der Waals surface area (Å²) in [7, 11) is 0. The van der Waals surface area contributed by atoms with Gasteiger partial charge in [-0.15, -0.1) is 0 Å². The van der Waals surface area contributed by atoms with Crippen LogP contribution < -0.4 is 4.74 Å². The van der Waals surface area contributed by atoms with E-state index in [0.717, 1.165) is 11.1 Å². The highest BCUT2D eigenvalue weighted by Gasteiger charge is 2.13. The van der Waals surface area contributed by atoms with Crippen LogP contribution in [0.5, 0.6) is 5.75 Å². The maximum Gasteiger partial charge on any atom is 0.270 e. The van der Waals surface area contributed by atoms with Gasteiger partial charge in [-0.05, 0) is 32.4 Å². The van der Waals surface area contributed by atoms with Gasteiger partial charge in [-0.1, -0.05) is 0 Å². The Morgan fingerprint density at radius 1 is 1.45 bits per heavy atom. The van der Waals surface area contributed by atoms with E-state index in [9.17, 15) is 10.1 Å². The third kappa shape index (κ3) is 3.34. The second-order valence-corrected chi connectivity index (χ2v) is 4.93. The lowest BCUT2D eigenvalue weighted by atomic mass is 10.1. The monoisotopic (exact) mass is 275 g/mol. The zero-order chi connectivity index (χ0) is 14.7. The molecule has 0 amide bonds. The van der Waals surface area contributed by atoms with Gasteiger partial charge in [0, 0.05) is 23.9 Å². The van der Waals surface area contributed by atoms with Crippen LogP contribution in [-0.4, -0.2) is 20.8 Å². The number of rotatable bonds is 5. The van der Waals surface area contributed by atoms with Crippen LogP contribution in [0.25, 0.3) is 0 Å². The number of hydrogen-bond donors (Lipinski definition) is 0. The number of hydrogen-bond acceptors (Lipinski definition) is 4. The molecule has 1 aromatic heterocycles. The molecule has 0 saturated carbocycles. The van der Waals surface area contributed by atoms with Crippen molar-refractivity contribution in [3.8, 4) is 5.75 Å². The third-order valence-corrected chi connectivity index (χ3v) is 2.71. The van der Waals surface area contributed by atoms with Crippen molar-refractivity contribution in [1.29, 1.82) is 0 Å². The molecular weight excluding hydrogens is 258 g/mol. The maximum absolute atomic E-state index is 10.9. The van der Waals surface area contributed by atoms with Gasteiger partial charge in [0.2, 0.25) is 0 Å². The van der Waals surface area contributed by atoms with Crippen molar-refractivity contribution in [3.63, 3.8) is 0 Å². The first-order chi connectivity index (χ1) is 9.45. The fourth-order valence-corrected chi connectivity index (χ4v) is 1.90. The fourth-order valence-electron chi connectivity index (χ4n) is 1.90. The molecule has 0 atom stereocenters. The molecule has 0 fully saturated rings. The summed E-state index contributed by atoms with van der Waals surface area (Å²) in [5, 5.41) is 15.1. The highest BCUT2D eigenvalue weighted by atomic mass is 16.6. The second kappa shape index (κ2) is 5.73. The normalized spacial score (nSPS) is 10.8. The quantitative estimate of drug-likeness (QED) is 0.621. The molecule has 0 radical (unpaired) electrons. The van der Waals surface area contributed by atoms with Crippen LogP contribution in [0.1, 0.15) is 25.0 Å². The van der Waals surface area contributed by atoms with E-state index >= 15 is 0 Å². The minimum Gasteiger partial charge on any atom is -0.491 e. The molecule has 20 heavy (non-hydrogen) atoms. The molecule has 0 aliphatic rings. The molecule has 1 heterocycles. The Morgan fingerprint density at radius 3 is 2.75 bits per heavy atom. The first-order valence-electron chi connectivity index (χ1n) is 6.38. The topological polar surface area (TPSA) is 70.2 Å². The molecule has 0 aliphatic carbocycles. The molecule has 0 bridgehead atoms. The van der Waals surface area contributed by atoms with Crippen LogP contribution in [0.3, 0.4) is 0 Å². The molecule has 0 saturated heterocycles. The van der Waals surface area contributed by atoms with Gasteiger partial charge < -0.3 is 4.74 Å². The van der Waals surface area contributed by atoms with Crippen molar-refractivity contribution in [2.24, 2.45) is 0 Å². The summed E-state index contributed by atoms with van der Waals surface area (Å²) in [6, 6.07) is 4.63. The summed E-state index contributed by atoms with van der Waals surface area (Å²) in [5.41, 5.74) is 1.85. The molecule has 0 unspecified atom stereocenters. The highest BCUT2D eigenvalue weighted by molar-refractivity contribution is 5.44. The molecule has 2 aromatic rings. The zero-order valence-electron chi connectivity index (χ0n) is 11.7. The smallest absolute Gasteiger partial charge is 0.270 e. The van der Waals surface area contributed by atoms with Gasteiger partial charge in [0.15, 0.2) is 0 Å². The fraction of sp³-hybridized carbons (Fsp3) is 0.357. The number of ether oxygens (including phenoxy) is 1. The predicted octanol–water partition coefficient (Wildman–Crippen LogP) is 2.94. The molecular formula is C14H17N3O3. The molecule has 1 aromatic carbocycles. The van der Waals surface area contributed by atoms with E-state index in [0.29, 0.717) is 12.3 Å². The van der Waals surface area contributed by atoms with Crippen LogP contribution in [0.2, 0.25) is 0 Å². The second-order valence-electron chi connectivity index (χ2n) is 4.93. The van der Waals surface area contributed by atoms with Gasteiger partial charge in [0.1, 0.15) is 5.75 Å². The molecule has 0 spiro atoms. The molecule has 2 rings (SSSR count). The van der Waals surface area contributed by atoms with Crippen LogP contribution in [0.15, 0.2) is 30.6 Å². The van der Waals surface area contributed by atoms with Gasteiger partial charge >= 0.3 is 0 Å². The summed E-state index contributed by atoms with van der Waals surface area (Å²) in [4.78, 5) is 10.5. The van der Waals surface area contributed by atoms with Crippen molar-refractivity contribution in [2.75, 3.05) is 0 Å². The van der Waals surface area contributed by atoms with Crippen molar-refractivity contribution in [3.05, 3.63) is 51.8 Å². The third-order valence-electron chi connectivity index (χ3n) is 2.71. The van der Waals surface area contributed by atoms with Crippen LogP contribution in [0, 0.1) is 17.0 Å². The van der Waals surface area contributed by atoms with Crippen LogP contribution in [-0.2, 0) is 6.54 Å². The molecule has 106 valence electrons. The number of nitrogens with zero attached hydrogens (tertiary/aromatic N) is 3. The lowest BCUT2D eigenvalue weighted by Gasteiger charge is -2.14. The van der Waals surface area contributed by atoms with E-state index in [4.69, 9.17) is 4.74 Å². The molecule has 6 nitrogen and oxygen atoms in total. The van der Waals surface area contributed by atoms with Crippen molar-refractivity contribution >= 4 is 5.69 Å². The van der Waals surface area contributed by atoms with Gasteiger partial charge in [-0.2, -0.15) is 5.10 Å². The Morgan fingerprint density at radius 2 is 2.20 bits per heavy atom. The number of nitro benzene ring substituents is 1. The molecule has 0 aliphatic heterocycles. The summed E-state index contributed by atoms with van der Waals surface area (Å²) in [6.07, 6.45) is 3.65. The van der Waals surface area contributed by atoms with Crippen molar-refractivity contribution < 1.29 is 9.66 Å². The van der Waals surface area contributed by atoms with E-state index in [1.165, 1.54) is 12.1 Å². The van der Waals surface area contributed by atoms with Gasteiger partial charge in [0.25, 0.3) is 5.69 Å². The Balaban J connectivity index is 2.35. The number of benzene rings is 1. The van der Waals surface area contributed by atoms with Crippen molar-refractivity contribution in [2.45, 2.75) is 33.4 Å². The largest absolute Gasteiger partial charge is 0.491 e. The lowest BCUT2D eigenvalue weighted by Crippen LogP contribution is -2.10. The standard InChI is InChI=1S/C14H17N3O3/c1-10(2)20-14-5-4-13(17(18)19)6-12(14)9-16-8-11(3)7-15-16/h4-8,10H,9H2,1-3H3. The SMILES string of the molecule is Cc1cnn(Cc2cc([N+](=O)[O-])ccc2OC(C)C)c1. The average Bonchev–Trinajstić information content (AvgIpc) is 2.76. The predicted molar refractivity (Wildman–Crippen MR) is 74.9 cm³/mol. The summed E-state index contributed by atoms with van der Waals surface area (Å²) in [5.74, 6) is 0.652. The Labute approximate surface area is 117 Å². The van der Waals surface area contributed by atoms with Crippen molar-refractivity contribution in [1.82, 2.24) is 9.78 Å². The summed E-state index contributed by atoms with van der Waals surface area (Å²) in [6.45, 7) is 6.23. The lowest BCUT2D eigenvalue weighted by molar-refractivity contribution is -0.384. The van der Waals surface area contributed by atoms with Gasteiger partial charge in [0.05, 0.1) is 23.8 Å². The highest BCUT2D eigenvalue weighted by Crippen LogP contribution is 2.26. The summed E-state index contributed by atoms with van der Waals surface area (Å²) >= 11 is 0. The first-order valence-corrected chi connectivity index (χ1v) is 6.38. The average molecular weight is 275 g/mol. The Bertz CT molecular complexity index is 620. The molecule has 0 N–H and O–H groups in total. The summed E-state index contributed by atoms with van der Waals surface area (Å²) < 4.78 is 7.43. The number of nitro groups is 1. The van der Waals surface area contributed by atoms with Gasteiger partial charge in [-0.25, -0.2) is 0 Å². The molecule has 6 heteroatoms. The minimum atomic E-state index is -0.406. The Kier molecular flexibility index (Phi) is 4.02. The minimum absolute atomic E-state index is 0.00886. The Hall–Kier alpha value is -2.37. The zero-order valence-corrected chi connectivity index (χ0v) is 11.7. The van der Waals surface area contributed by atoms with Gasteiger partial charge in [-0.3, -0.25) is 14.8 Å². The maximum atomic E-state index is 10.9. The van der Waals surface area contributed by atoms with E-state index in [1.807, 2.05) is 27.0 Å². The number of aromatic nitrogens is 2. The van der Waals surface area contributed by atoms with Crippen LogP contribution >= 0.6 is 0 Å². The van der Waals surface area contributed by atoms with E-state index < -0.39 is 4.92 Å². The van der Waals surface area contributed by atoms with E-state index in [1.54, 1.807) is 16.9 Å². The number of aryl methyl sites for hydroxylation is 1. The van der Waals surface area contributed by atoms with E-state index in [-0.39, 0.29) is 11.8 Å².